The molecule has 5 nitrogen and oxygen atoms in total. The van der Waals surface area contributed by atoms with Crippen molar-refractivity contribution in [1.29, 1.82) is 0 Å². The summed E-state index contributed by atoms with van der Waals surface area (Å²) in [6.07, 6.45) is 0. The van der Waals surface area contributed by atoms with E-state index >= 15 is 0 Å². The average molecular weight is 387 g/mol. The van der Waals surface area contributed by atoms with Gasteiger partial charge in [-0.1, -0.05) is 29.3 Å². The molecule has 7 heteroatoms. The van der Waals surface area contributed by atoms with E-state index in [1.165, 1.54) is 6.92 Å². The van der Waals surface area contributed by atoms with Crippen LogP contribution in [0.4, 0.5) is 23.0 Å². The Morgan fingerprint density at radius 1 is 0.923 bits per heavy atom. The SMILES string of the molecule is CC(=O)c1ccc(Nc2cc(Nc3c(Cl)cccc3Cl)nc(C)n2)cc1. The molecule has 0 radical (unpaired) electrons. The van der Waals surface area contributed by atoms with Crippen molar-refractivity contribution in [2.24, 2.45) is 0 Å². The molecule has 1 heterocycles. The van der Waals surface area contributed by atoms with Gasteiger partial charge in [-0.15, -0.1) is 0 Å². The Hall–Kier alpha value is -2.63. The summed E-state index contributed by atoms with van der Waals surface area (Å²) in [5.74, 6) is 1.78. The molecule has 132 valence electrons. The van der Waals surface area contributed by atoms with E-state index in [1.807, 2.05) is 12.1 Å². The maximum absolute atomic E-state index is 11.4. The number of aromatic nitrogens is 2. The molecular weight excluding hydrogens is 371 g/mol. The van der Waals surface area contributed by atoms with Crippen LogP contribution in [0, 0.1) is 6.92 Å². The van der Waals surface area contributed by atoms with Gasteiger partial charge in [0.05, 0.1) is 15.7 Å². The fourth-order valence-corrected chi connectivity index (χ4v) is 2.87. The molecule has 3 aromatic rings. The van der Waals surface area contributed by atoms with Gasteiger partial charge in [0.1, 0.15) is 17.5 Å². The first kappa shape index (κ1) is 18.2. The Labute approximate surface area is 161 Å². The maximum Gasteiger partial charge on any atom is 0.159 e. The van der Waals surface area contributed by atoms with Gasteiger partial charge in [-0.25, -0.2) is 9.97 Å². The van der Waals surface area contributed by atoms with Crippen LogP contribution >= 0.6 is 23.2 Å². The molecule has 0 aliphatic rings. The fraction of sp³-hybridized carbons (Fsp3) is 0.105. The molecular formula is C19H16Cl2N4O. The van der Waals surface area contributed by atoms with E-state index in [0.717, 1.165) is 5.69 Å². The number of anilines is 4. The number of rotatable bonds is 5. The second-order valence-electron chi connectivity index (χ2n) is 5.67. The molecule has 0 atom stereocenters. The normalized spacial score (nSPS) is 10.5. The summed E-state index contributed by atoms with van der Waals surface area (Å²) in [6.45, 7) is 3.33. The molecule has 0 aliphatic carbocycles. The third kappa shape index (κ3) is 4.31. The van der Waals surface area contributed by atoms with Gasteiger partial charge in [0, 0.05) is 17.3 Å². The number of nitrogens with one attached hydrogen (secondary N) is 2. The lowest BCUT2D eigenvalue weighted by Gasteiger charge is -2.12. The van der Waals surface area contributed by atoms with E-state index in [0.29, 0.717) is 38.8 Å². The monoisotopic (exact) mass is 386 g/mol. The summed E-state index contributed by atoms with van der Waals surface area (Å²) in [5.41, 5.74) is 2.06. The van der Waals surface area contributed by atoms with E-state index < -0.39 is 0 Å². The van der Waals surface area contributed by atoms with Crippen LogP contribution in [0.15, 0.2) is 48.5 Å². The Morgan fingerprint density at radius 3 is 2.08 bits per heavy atom. The predicted molar refractivity (Wildman–Crippen MR) is 106 cm³/mol. The molecule has 0 fully saturated rings. The minimum Gasteiger partial charge on any atom is -0.340 e. The molecule has 1 aromatic heterocycles. The lowest BCUT2D eigenvalue weighted by atomic mass is 10.1. The van der Waals surface area contributed by atoms with E-state index in [1.54, 1.807) is 43.3 Å². The highest BCUT2D eigenvalue weighted by molar-refractivity contribution is 6.39. The van der Waals surface area contributed by atoms with Gasteiger partial charge in [0.25, 0.3) is 0 Å². The molecule has 0 unspecified atom stereocenters. The van der Waals surface area contributed by atoms with Crippen molar-refractivity contribution in [2.75, 3.05) is 10.6 Å². The topological polar surface area (TPSA) is 66.9 Å². The molecule has 0 bridgehead atoms. The second kappa shape index (κ2) is 7.72. The second-order valence-corrected chi connectivity index (χ2v) is 6.48. The summed E-state index contributed by atoms with van der Waals surface area (Å²) < 4.78 is 0. The van der Waals surface area contributed by atoms with E-state index in [2.05, 4.69) is 20.6 Å². The molecule has 0 saturated carbocycles. The summed E-state index contributed by atoms with van der Waals surface area (Å²) in [4.78, 5) is 20.1. The van der Waals surface area contributed by atoms with Crippen LogP contribution in [0.3, 0.4) is 0 Å². The van der Waals surface area contributed by atoms with Crippen LogP contribution in [0.5, 0.6) is 0 Å². The van der Waals surface area contributed by atoms with E-state index in [4.69, 9.17) is 23.2 Å². The van der Waals surface area contributed by atoms with Gasteiger partial charge < -0.3 is 10.6 Å². The van der Waals surface area contributed by atoms with Gasteiger partial charge in [-0.3, -0.25) is 4.79 Å². The van der Waals surface area contributed by atoms with E-state index in [9.17, 15) is 4.79 Å². The summed E-state index contributed by atoms with van der Waals surface area (Å²) in [6, 6.07) is 14.2. The standard InChI is InChI=1S/C19H16Cl2N4O/c1-11(26)13-6-8-14(9-7-13)24-17-10-18(23-12(2)22-17)25-19-15(20)4-3-5-16(19)21/h3-10H,1-2H3,(H2,22,23,24,25). The first-order valence-electron chi connectivity index (χ1n) is 7.87. The van der Waals surface area contributed by atoms with Gasteiger partial charge in [-0.05, 0) is 50.2 Å². The quantitative estimate of drug-likeness (QED) is 0.543. The molecule has 0 amide bonds. The van der Waals surface area contributed by atoms with Gasteiger partial charge in [0.15, 0.2) is 5.78 Å². The number of Topliss-reactive ketones (excluding diaryl/α,β-unsaturated/α-hetero) is 1. The molecule has 3 rings (SSSR count). The Kier molecular flexibility index (Phi) is 5.40. The Morgan fingerprint density at radius 2 is 1.50 bits per heavy atom. The number of carbonyl (C=O) groups excluding carboxylic acids is 1. The van der Waals surface area contributed by atoms with Crippen molar-refractivity contribution in [3.05, 3.63) is 70.0 Å². The van der Waals surface area contributed by atoms with Crippen LogP contribution in [0.25, 0.3) is 0 Å². The Balaban J connectivity index is 1.84. The van der Waals surface area contributed by atoms with Crippen molar-refractivity contribution in [3.8, 4) is 0 Å². The Bertz CT molecular complexity index is 938. The van der Waals surface area contributed by atoms with Crippen LogP contribution in [0.1, 0.15) is 23.1 Å². The minimum absolute atomic E-state index is 0.0255. The summed E-state index contributed by atoms with van der Waals surface area (Å²) in [5, 5.41) is 7.34. The molecule has 0 spiro atoms. The number of para-hydroxylation sites is 1. The van der Waals surface area contributed by atoms with Crippen LogP contribution in [-0.4, -0.2) is 15.8 Å². The third-order valence-corrected chi connectivity index (χ3v) is 4.25. The number of ketones is 1. The van der Waals surface area contributed by atoms with Crippen LogP contribution in [0.2, 0.25) is 10.0 Å². The summed E-state index contributed by atoms with van der Waals surface area (Å²) >= 11 is 12.4. The molecule has 0 saturated heterocycles. The summed E-state index contributed by atoms with van der Waals surface area (Å²) in [7, 11) is 0. The zero-order chi connectivity index (χ0) is 18.7. The number of benzene rings is 2. The van der Waals surface area contributed by atoms with Crippen molar-refractivity contribution < 1.29 is 4.79 Å². The minimum atomic E-state index is 0.0255. The van der Waals surface area contributed by atoms with Gasteiger partial charge in [-0.2, -0.15) is 0 Å². The van der Waals surface area contributed by atoms with Crippen molar-refractivity contribution >= 4 is 52.0 Å². The highest BCUT2D eigenvalue weighted by Gasteiger charge is 2.09. The van der Waals surface area contributed by atoms with Gasteiger partial charge in [0.2, 0.25) is 0 Å². The molecule has 2 aromatic carbocycles. The highest BCUT2D eigenvalue weighted by atomic mass is 35.5. The smallest absolute Gasteiger partial charge is 0.159 e. The van der Waals surface area contributed by atoms with Crippen molar-refractivity contribution in [2.45, 2.75) is 13.8 Å². The lowest BCUT2D eigenvalue weighted by molar-refractivity contribution is 0.101. The molecule has 0 aliphatic heterocycles. The number of aryl methyl sites for hydroxylation is 1. The fourth-order valence-electron chi connectivity index (χ4n) is 2.38. The van der Waals surface area contributed by atoms with Crippen molar-refractivity contribution in [1.82, 2.24) is 9.97 Å². The highest BCUT2D eigenvalue weighted by Crippen LogP contribution is 2.32. The largest absolute Gasteiger partial charge is 0.340 e. The lowest BCUT2D eigenvalue weighted by Crippen LogP contribution is -2.02. The molecule has 26 heavy (non-hydrogen) atoms. The number of halogens is 2. The predicted octanol–water partition coefficient (Wildman–Crippen LogP) is 5.78. The van der Waals surface area contributed by atoms with E-state index in [-0.39, 0.29) is 5.78 Å². The zero-order valence-corrected chi connectivity index (χ0v) is 15.7. The number of nitrogens with zero attached hydrogens (tertiary/aromatic N) is 2. The third-order valence-electron chi connectivity index (χ3n) is 3.62. The molecule has 2 N–H and O–H groups in total. The number of carbonyl (C=O) groups is 1. The van der Waals surface area contributed by atoms with Crippen LogP contribution < -0.4 is 10.6 Å². The van der Waals surface area contributed by atoms with Crippen LogP contribution in [-0.2, 0) is 0 Å². The number of hydrogen-bond acceptors (Lipinski definition) is 5. The van der Waals surface area contributed by atoms with Gasteiger partial charge >= 0.3 is 0 Å². The maximum atomic E-state index is 11.4. The first-order valence-corrected chi connectivity index (χ1v) is 8.63. The zero-order valence-electron chi connectivity index (χ0n) is 14.2. The average Bonchev–Trinajstić information content (AvgIpc) is 2.58. The number of hydrogen-bond donors (Lipinski definition) is 2. The van der Waals surface area contributed by atoms with Crippen molar-refractivity contribution in [3.63, 3.8) is 0 Å². The first-order chi connectivity index (χ1) is 12.4.